The topological polar surface area (TPSA) is 64.3 Å². The summed E-state index contributed by atoms with van der Waals surface area (Å²) in [6.07, 6.45) is 1.38. The molecule has 124 valence electrons. The van der Waals surface area contributed by atoms with Gasteiger partial charge < -0.3 is 15.8 Å². The summed E-state index contributed by atoms with van der Waals surface area (Å²) in [7, 11) is 1.65. The molecule has 0 aliphatic rings. The van der Waals surface area contributed by atoms with Crippen molar-refractivity contribution in [2.75, 3.05) is 19.4 Å². The van der Waals surface area contributed by atoms with Crippen molar-refractivity contribution in [3.8, 4) is 5.75 Å². The molecule has 0 aliphatic carbocycles. The molecule has 3 N–H and O–H groups in total. The predicted molar refractivity (Wildman–Crippen MR) is 93.4 cm³/mol. The Morgan fingerprint density at radius 1 is 1.36 bits per heavy atom. The SMILES string of the molecule is COc1ccc(SCCC(=O)NC(C)(CN)CC(C)C)cc1. The molecule has 0 aliphatic heterocycles. The van der Waals surface area contributed by atoms with Crippen LogP contribution in [0.3, 0.4) is 0 Å². The van der Waals surface area contributed by atoms with Gasteiger partial charge >= 0.3 is 0 Å². The summed E-state index contributed by atoms with van der Waals surface area (Å²) in [5.41, 5.74) is 5.51. The van der Waals surface area contributed by atoms with Gasteiger partial charge in [0, 0.05) is 29.2 Å². The standard InChI is InChI=1S/C17H28N2O2S/c1-13(2)11-17(3,12-18)19-16(20)9-10-22-15-7-5-14(21-4)6-8-15/h5-8,13H,9-12,18H2,1-4H3,(H,19,20). The molecule has 0 saturated heterocycles. The van der Waals surface area contributed by atoms with Crippen molar-refractivity contribution >= 4 is 17.7 Å². The molecule has 0 aromatic heterocycles. The minimum atomic E-state index is -0.309. The molecular formula is C17H28N2O2S. The summed E-state index contributed by atoms with van der Waals surface area (Å²) in [5, 5.41) is 3.08. The van der Waals surface area contributed by atoms with Gasteiger partial charge in [0.15, 0.2) is 0 Å². The molecule has 1 aromatic rings. The van der Waals surface area contributed by atoms with E-state index in [1.165, 1.54) is 0 Å². The van der Waals surface area contributed by atoms with Crippen molar-refractivity contribution in [3.05, 3.63) is 24.3 Å². The average Bonchev–Trinajstić information content (AvgIpc) is 2.47. The number of methoxy groups -OCH3 is 1. The lowest BCUT2D eigenvalue weighted by atomic mass is 9.90. The lowest BCUT2D eigenvalue weighted by molar-refractivity contribution is -0.122. The van der Waals surface area contributed by atoms with Gasteiger partial charge in [-0.15, -0.1) is 11.8 Å². The number of hydrogen-bond donors (Lipinski definition) is 2. The second kappa shape index (κ2) is 9.06. The summed E-state index contributed by atoms with van der Waals surface area (Å²) in [6, 6.07) is 7.86. The Morgan fingerprint density at radius 3 is 2.50 bits per heavy atom. The summed E-state index contributed by atoms with van der Waals surface area (Å²) >= 11 is 1.67. The lowest BCUT2D eigenvalue weighted by Crippen LogP contribution is -2.52. The lowest BCUT2D eigenvalue weighted by Gasteiger charge is -2.31. The molecule has 1 amide bonds. The molecule has 0 spiro atoms. The third-order valence-corrected chi connectivity index (χ3v) is 4.42. The second-order valence-corrected chi connectivity index (χ2v) is 7.35. The fraction of sp³-hybridized carbons (Fsp3) is 0.588. The summed E-state index contributed by atoms with van der Waals surface area (Å²) in [6.45, 7) is 6.75. The van der Waals surface area contributed by atoms with E-state index in [1.807, 2.05) is 31.2 Å². The first kappa shape index (κ1) is 18.8. The third-order valence-electron chi connectivity index (χ3n) is 3.41. The molecule has 0 heterocycles. The van der Waals surface area contributed by atoms with Gasteiger partial charge in [-0.05, 0) is 43.5 Å². The van der Waals surface area contributed by atoms with Crippen LogP contribution in [-0.4, -0.2) is 30.9 Å². The van der Waals surface area contributed by atoms with Crippen LogP contribution in [0.1, 0.15) is 33.6 Å². The number of amides is 1. The minimum absolute atomic E-state index is 0.0645. The van der Waals surface area contributed by atoms with Gasteiger partial charge in [-0.3, -0.25) is 4.79 Å². The molecule has 1 rings (SSSR count). The molecule has 5 heteroatoms. The average molecular weight is 324 g/mol. The van der Waals surface area contributed by atoms with Crippen molar-refractivity contribution in [3.63, 3.8) is 0 Å². The maximum atomic E-state index is 12.1. The van der Waals surface area contributed by atoms with Crippen molar-refractivity contribution < 1.29 is 9.53 Å². The van der Waals surface area contributed by atoms with Crippen molar-refractivity contribution in [2.45, 2.75) is 44.0 Å². The molecule has 1 unspecified atom stereocenters. The highest BCUT2D eigenvalue weighted by molar-refractivity contribution is 7.99. The number of carbonyl (C=O) groups excluding carboxylic acids is 1. The smallest absolute Gasteiger partial charge is 0.221 e. The number of benzene rings is 1. The van der Waals surface area contributed by atoms with Crippen LogP contribution in [0.2, 0.25) is 0 Å². The maximum Gasteiger partial charge on any atom is 0.221 e. The first-order chi connectivity index (χ1) is 10.4. The van der Waals surface area contributed by atoms with E-state index in [9.17, 15) is 4.79 Å². The molecule has 0 radical (unpaired) electrons. The van der Waals surface area contributed by atoms with E-state index < -0.39 is 0 Å². The first-order valence-corrected chi connectivity index (χ1v) is 8.65. The van der Waals surface area contributed by atoms with Gasteiger partial charge in [-0.25, -0.2) is 0 Å². The zero-order chi connectivity index (χ0) is 16.6. The number of carbonyl (C=O) groups is 1. The zero-order valence-electron chi connectivity index (χ0n) is 14.0. The molecule has 1 atom stereocenters. The molecule has 22 heavy (non-hydrogen) atoms. The number of ether oxygens (including phenoxy) is 1. The van der Waals surface area contributed by atoms with Gasteiger partial charge in [0.2, 0.25) is 5.91 Å². The summed E-state index contributed by atoms with van der Waals surface area (Å²) in [4.78, 5) is 13.2. The van der Waals surface area contributed by atoms with Crippen LogP contribution < -0.4 is 15.8 Å². The van der Waals surface area contributed by atoms with Gasteiger partial charge in [0.25, 0.3) is 0 Å². The number of nitrogens with two attached hydrogens (primary N) is 1. The van der Waals surface area contributed by atoms with Crippen LogP contribution >= 0.6 is 11.8 Å². The van der Waals surface area contributed by atoms with E-state index in [1.54, 1.807) is 18.9 Å². The molecule has 0 saturated carbocycles. The van der Waals surface area contributed by atoms with E-state index in [4.69, 9.17) is 10.5 Å². The van der Waals surface area contributed by atoms with Gasteiger partial charge in [0.1, 0.15) is 5.75 Å². The molecule has 4 nitrogen and oxygen atoms in total. The van der Waals surface area contributed by atoms with Gasteiger partial charge in [-0.2, -0.15) is 0 Å². The fourth-order valence-electron chi connectivity index (χ4n) is 2.42. The Bertz CT molecular complexity index is 462. The number of nitrogens with one attached hydrogen (secondary N) is 1. The first-order valence-electron chi connectivity index (χ1n) is 7.66. The number of hydrogen-bond acceptors (Lipinski definition) is 4. The van der Waals surface area contributed by atoms with Crippen molar-refractivity contribution in [1.29, 1.82) is 0 Å². The normalized spacial score (nSPS) is 13.7. The van der Waals surface area contributed by atoms with Gasteiger partial charge in [0.05, 0.1) is 7.11 Å². The quantitative estimate of drug-likeness (QED) is 0.685. The molecular weight excluding hydrogens is 296 g/mol. The molecule has 0 bridgehead atoms. The van der Waals surface area contributed by atoms with E-state index >= 15 is 0 Å². The Kier molecular flexibility index (Phi) is 7.76. The number of rotatable bonds is 9. The maximum absolute atomic E-state index is 12.1. The second-order valence-electron chi connectivity index (χ2n) is 6.18. The minimum Gasteiger partial charge on any atom is -0.497 e. The van der Waals surface area contributed by atoms with Crippen LogP contribution in [-0.2, 0) is 4.79 Å². The summed E-state index contributed by atoms with van der Waals surface area (Å²) in [5.74, 6) is 2.16. The van der Waals surface area contributed by atoms with E-state index in [2.05, 4.69) is 19.2 Å². The van der Waals surface area contributed by atoms with E-state index in [-0.39, 0.29) is 11.4 Å². The van der Waals surface area contributed by atoms with Gasteiger partial charge in [-0.1, -0.05) is 13.8 Å². The highest BCUT2D eigenvalue weighted by Gasteiger charge is 2.25. The highest BCUT2D eigenvalue weighted by atomic mass is 32.2. The van der Waals surface area contributed by atoms with Crippen LogP contribution in [0.5, 0.6) is 5.75 Å². The summed E-state index contributed by atoms with van der Waals surface area (Å²) < 4.78 is 5.13. The Morgan fingerprint density at radius 2 is 2.00 bits per heavy atom. The third kappa shape index (κ3) is 6.71. The van der Waals surface area contributed by atoms with Crippen LogP contribution in [0.15, 0.2) is 29.2 Å². The van der Waals surface area contributed by atoms with Crippen LogP contribution in [0, 0.1) is 5.92 Å². The predicted octanol–water partition coefficient (Wildman–Crippen LogP) is 3.06. The Hall–Kier alpha value is -1.20. The van der Waals surface area contributed by atoms with Crippen molar-refractivity contribution in [1.82, 2.24) is 5.32 Å². The van der Waals surface area contributed by atoms with Crippen molar-refractivity contribution in [2.24, 2.45) is 11.7 Å². The fourth-order valence-corrected chi connectivity index (χ4v) is 3.27. The Balaban J connectivity index is 2.38. The largest absolute Gasteiger partial charge is 0.497 e. The monoisotopic (exact) mass is 324 g/mol. The van der Waals surface area contributed by atoms with E-state index in [0.29, 0.717) is 18.9 Å². The van der Waals surface area contributed by atoms with Crippen LogP contribution in [0.4, 0.5) is 0 Å². The molecule has 0 fully saturated rings. The highest BCUT2D eigenvalue weighted by Crippen LogP contribution is 2.22. The van der Waals surface area contributed by atoms with E-state index in [0.717, 1.165) is 22.8 Å². The van der Waals surface area contributed by atoms with Crippen LogP contribution in [0.25, 0.3) is 0 Å². The molecule has 1 aromatic carbocycles. The zero-order valence-corrected chi connectivity index (χ0v) is 14.8. The number of thioether (sulfide) groups is 1. The Labute approximate surface area is 138 Å².